The van der Waals surface area contributed by atoms with Crippen LogP contribution in [0.3, 0.4) is 0 Å². The van der Waals surface area contributed by atoms with E-state index in [2.05, 4.69) is 62.3 Å². The summed E-state index contributed by atoms with van der Waals surface area (Å²) in [6.45, 7) is 3.20. The fraction of sp³-hybridized carbons (Fsp3) is 0.500. The molecule has 0 saturated heterocycles. The summed E-state index contributed by atoms with van der Waals surface area (Å²) in [7, 11) is 0. The minimum atomic E-state index is 0.525. The smallest absolute Gasteiger partial charge is 0.0359 e. The Morgan fingerprint density at radius 2 is 2.13 bits per heavy atom. The van der Waals surface area contributed by atoms with Gasteiger partial charge in [-0.05, 0) is 43.0 Å². The molecule has 1 aliphatic carbocycles. The van der Waals surface area contributed by atoms with Crippen molar-refractivity contribution in [2.75, 3.05) is 6.54 Å². The quantitative estimate of drug-likeness (QED) is 0.868. The summed E-state index contributed by atoms with van der Waals surface area (Å²) in [6.07, 6.45) is 2.72. The van der Waals surface area contributed by atoms with Gasteiger partial charge in [0.15, 0.2) is 0 Å². The van der Waals surface area contributed by atoms with E-state index in [0.29, 0.717) is 6.04 Å². The van der Waals surface area contributed by atoms with E-state index in [1.165, 1.54) is 22.9 Å². The first kappa shape index (κ1) is 11.6. The van der Waals surface area contributed by atoms with Crippen molar-refractivity contribution in [3.63, 3.8) is 0 Å². The van der Waals surface area contributed by atoms with E-state index in [1.807, 2.05) is 0 Å². The number of benzene rings is 1. The zero-order valence-corrected chi connectivity index (χ0v) is 11.9. The van der Waals surface area contributed by atoms with Gasteiger partial charge in [0.2, 0.25) is 0 Å². The summed E-state index contributed by atoms with van der Waals surface area (Å²) in [5.74, 6) is 0.836. The highest BCUT2D eigenvalue weighted by Gasteiger charge is 2.32. The number of hydrogen-bond donors (Lipinski definition) is 1. The van der Waals surface area contributed by atoms with Gasteiger partial charge in [-0.3, -0.25) is 0 Å². The van der Waals surface area contributed by atoms with Crippen molar-refractivity contribution in [1.82, 2.24) is 5.32 Å². The van der Waals surface area contributed by atoms with E-state index in [0.717, 1.165) is 16.9 Å². The molecule has 0 heterocycles. The lowest BCUT2D eigenvalue weighted by Crippen LogP contribution is -2.22. The summed E-state index contributed by atoms with van der Waals surface area (Å²) < 4.78 is 2.33. The van der Waals surface area contributed by atoms with Gasteiger partial charge in [-0.25, -0.2) is 0 Å². The SMILES string of the molecule is CCNC(c1ccc(Br)cc1Br)C1CC1. The molecule has 1 aromatic carbocycles. The van der Waals surface area contributed by atoms with Crippen LogP contribution in [0.1, 0.15) is 31.4 Å². The lowest BCUT2D eigenvalue weighted by molar-refractivity contribution is 0.494. The molecule has 0 bridgehead atoms. The molecule has 0 amide bonds. The van der Waals surface area contributed by atoms with Crippen LogP contribution in [0.5, 0.6) is 0 Å². The first-order valence-electron chi connectivity index (χ1n) is 5.40. The van der Waals surface area contributed by atoms with Crippen molar-refractivity contribution in [3.8, 4) is 0 Å². The van der Waals surface area contributed by atoms with Crippen molar-refractivity contribution < 1.29 is 0 Å². The van der Waals surface area contributed by atoms with Gasteiger partial charge < -0.3 is 5.32 Å². The largest absolute Gasteiger partial charge is 0.310 e. The van der Waals surface area contributed by atoms with E-state index in [4.69, 9.17) is 0 Å². The monoisotopic (exact) mass is 331 g/mol. The number of rotatable bonds is 4. The molecule has 0 radical (unpaired) electrons. The Morgan fingerprint density at radius 3 is 2.67 bits per heavy atom. The molecular formula is C12H15Br2N. The van der Waals surface area contributed by atoms with Crippen LogP contribution >= 0.6 is 31.9 Å². The van der Waals surface area contributed by atoms with Crippen molar-refractivity contribution in [1.29, 1.82) is 0 Å². The molecule has 0 spiro atoms. The van der Waals surface area contributed by atoms with Crippen LogP contribution in [-0.4, -0.2) is 6.54 Å². The maximum atomic E-state index is 3.64. The van der Waals surface area contributed by atoms with Gasteiger partial charge >= 0.3 is 0 Å². The summed E-state index contributed by atoms with van der Waals surface area (Å²) in [4.78, 5) is 0. The topological polar surface area (TPSA) is 12.0 Å². The van der Waals surface area contributed by atoms with Crippen LogP contribution in [-0.2, 0) is 0 Å². The molecule has 1 N–H and O–H groups in total. The Kier molecular flexibility index (Phi) is 3.86. The second-order valence-electron chi connectivity index (χ2n) is 4.04. The van der Waals surface area contributed by atoms with Gasteiger partial charge in [0.25, 0.3) is 0 Å². The third-order valence-corrected chi connectivity index (χ3v) is 4.00. The Bertz CT molecular complexity index is 347. The minimum absolute atomic E-state index is 0.525. The first-order valence-corrected chi connectivity index (χ1v) is 6.99. The molecule has 0 aromatic heterocycles. The molecule has 1 nitrogen and oxygen atoms in total. The third-order valence-electron chi connectivity index (χ3n) is 2.82. The standard InChI is InChI=1S/C12H15Br2N/c1-2-15-12(8-3-4-8)10-6-5-9(13)7-11(10)14/h5-8,12,15H,2-4H2,1H3. The van der Waals surface area contributed by atoms with Crippen molar-refractivity contribution in [2.24, 2.45) is 5.92 Å². The highest BCUT2D eigenvalue weighted by molar-refractivity contribution is 9.11. The minimum Gasteiger partial charge on any atom is -0.310 e. The van der Waals surface area contributed by atoms with E-state index < -0.39 is 0 Å². The van der Waals surface area contributed by atoms with Crippen LogP contribution in [0.2, 0.25) is 0 Å². The second-order valence-corrected chi connectivity index (χ2v) is 5.81. The Morgan fingerprint density at radius 1 is 1.40 bits per heavy atom. The molecule has 82 valence electrons. The summed E-state index contributed by atoms with van der Waals surface area (Å²) in [5, 5.41) is 3.58. The molecular weight excluding hydrogens is 318 g/mol. The summed E-state index contributed by atoms with van der Waals surface area (Å²) in [5.41, 5.74) is 1.39. The number of nitrogens with one attached hydrogen (secondary N) is 1. The molecule has 2 rings (SSSR count). The van der Waals surface area contributed by atoms with Gasteiger partial charge in [0.1, 0.15) is 0 Å². The maximum absolute atomic E-state index is 3.64. The molecule has 1 aliphatic rings. The molecule has 15 heavy (non-hydrogen) atoms. The van der Waals surface area contributed by atoms with Crippen LogP contribution < -0.4 is 5.32 Å². The molecule has 1 saturated carbocycles. The van der Waals surface area contributed by atoms with Crippen molar-refractivity contribution in [2.45, 2.75) is 25.8 Å². The first-order chi connectivity index (χ1) is 7.22. The fourth-order valence-corrected chi connectivity index (χ4v) is 3.23. The molecule has 3 heteroatoms. The molecule has 1 unspecified atom stereocenters. The predicted molar refractivity (Wildman–Crippen MR) is 71.0 cm³/mol. The van der Waals surface area contributed by atoms with Crippen LogP contribution in [0, 0.1) is 5.92 Å². The summed E-state index contributed by atoms with van der Waals surface area (Å²) >= 11 is 7.13. The van der Waals surface area contributed by atoms with Gasteiger partial charge in [-0.15, -0.1) is 0 Å². The number of halogens is 2. The molecule has 1 fully saturated rings. The molecule has 1 aromatic rings. The van der Waals surface area contributed by atoms with Gasteiger partial charge in [-0.1, -0.05) is 44.8 Å². The fourth-order valence-electron chi connectivity index (χ4n) is 1.93. The van der Waals surface area contributed by atoms with Crippen LogP contribution in [0.25, 0.3) is 0 Å². The Hall–Kier alpha value is 0.140. The van der Waals surface area contributed by atoms with Gasteiger partial charge in [-0.2, -0.15) is 0 Å². The average molecular weight is 333 g/mol. The highest BCUT2D eigenvalue weighted by Crippen LogP contribution is 2.43. The van der Waals surface area contributed by atoms with Crippen molar-refractivity contribution >= 4 is 31.9 Å². The third kappa shape index (κ3) is 2.83. The molecule has 0 aliphatic heterocycles. The highest BCUT2D eigenvalue weighted by atomic mass is 79.9. The number of hydrogen-bond acceptors (Lipinski definition) is 1. The molecule has 1 atom stereocenters. The van der Waals surface area contributed by atoms with E-state index in [9.17, 15) is 0 Å². The van der Waals surface area contributed by atoms with Crippen molar-refractivity contribution in [3.05, 3.63) is 32.7 Å². The van der Waals surface area contributed by atoms with E-state index >= 15 is 0 Å². The lowest BCUT2D eigenvalue weighted by Gasteiger charge is -2.19. The van der Waals surface area contributed by atoms with Gasteiger partial charge in [0, 0.05) is 15.0 Å². The maximum Gasteiger partial charge on any atom is 0.0359 e. The normalized spacial score (nSPS) is 17.8. The van der Waals surface area contributed by atoms with E-state index in [-0.39, 0.29) is 0 Å². The Labute approximate surface area is 108 Å². The lowest BCUT2D eigenvalue weighted by atomic mass is 10.0. The Balaban J connectivity index is 2.24. The summed E-state index contributed by atoms with van der Waals surface area (Å²) in [6, 6.07) is 6.98. The zero-order chi connectivity index (χ0) is 10.8. The predicted octanol–water partition coefficient (Wildman–Crippen LogP) is 4.27. The van der Waals surface area contributed by atoms with Gasteiger partial charge in [0.05, 0.1) is 0 Å². The average Bonchev–Trinajstić information content (AvgIpc) is 2.98. The van der Waals surface area contributed by atoms with Crippen LogP contribution in [0.15, 0.2) is 27.1 Å². The zero-order valence-electron chi connectivity index (χ0n) is 8.76. The second kappa shape index (κ2) is 4.98. The van der Waals surface area contributed by atoms with Crippen LogP contribution in [0.4, 0.5) is 0 Å². The van der Waals surface area contributed by atoms with E-state index in [1.54, 1.807) is 0 Å².